The van der Waals surface area contributed by atoms with Gasteiger partial charge in [-0.2, -0.15) is 0 Å². The van der Waals surface area contributed by atoms with E-state index < -0.39 is 0 Å². The molecule has 4 heteroatoms. The lowest BCUT2D eigenvalue weighted by Gasteiger charge is -2.54. The average Bonchev–Trinajstić information content (AvgIpc) is 3.30. The number of allylic oxidation sites excluding steroid dienone is 1. The molecule has 9 rings (SSSR count). The van der Waals surface area contributed by atoms with Crippen LogP contribution in [0, 0.1) is 23.2 Å². The van der Waals surface area contributed by atoms with Gasteiger partial charge < -0.3 is 10.5 Å². The van der Waals surface area contributed by atoms with Gasteiger partial charge in [0.1, 0.15) is 0 Å². The van der Waals surface area contributed by atoms with Gasteiger partial charge in [-0.1, -0.05) is 31.2 Å². The largest absolute Gasteiger partial charge is 0.359 e. The molecule has 2 aromatic rings. The molecule has 3 aliphatic heterocycles. The number of hydrogen-bond donors (Lipinski definition) is 1. The highest BCUT2D eigenvalue weighted by atomic mass is 16.5. The summed E-state index contributed by atoms with van der Waals surface area (Å²) in [6.45, 7) is 4.86. The minimum absolute atomic E-state index is 0.0166. The molecule has 0 radical (unpaired) electrons. The van der Waals surface area contributed by atoms with Gasteiger partial charge in [0.05, 0.1) is 11.2 Å². The van der Waals surface area contributed by atoms with Crippen LogP contribution in [0.5, 0.6) is 0 Å². The predicted octanol–water partition coefficient (Wildman–Crippen LogP) is 5.73. The number of likely N-dealkylation sites (tertiary alicyclic amines) is 1. The van der Waals surface area contributed by atoms with E-state index in [-0.39, 0.29) is 16.6 Å². The van der Waals surface area contributed by atoms with E-state index in [1.165, 1.54) is 67.8 Å². The van der Waals surface area contributed by atoms with Crippen LogP contribution >= 0.6 is 0 Å². The van der Waals surface area contributed by atoms with Crippen LogP contribution in [-0.4, -0.2) is 46.3 Å². The van der Waals surface area contributed by atoms with Crippen LogP contribution in [-0.2, 0) is 4.74 Å². The maximum atomic E-state index is 7.62. The fraction of sp³-hybridized carbons (Fsp3) is 0.606. The van der Waals surface area contributed by atoms with Crippen molar-refractivity contribution >= 4 is 10.8 Å². The van der Waals surface area contributed by atoms with E-state index in [9.17, 15) is 0 Å². The monoisotopic (exact) mass is 493 g/mol. The number of nitrogens with zero attached hydrogens (tertiary/aromatic N) is 2. The molecule has 1 aromatic carbocycles. The van der Waals surface area contributed by atoms with Crippen LogP contribution in [0.2, 0.25) is 0 Å². The molecule has 4 nitrogen and oxygen atoms in total. The van der Waals surface area contributed by atoms with Gasteiger partial charge in [-0.25, -0.2) is 0 Å². The summed E-state index contributed by atoms with van der Waals surface area (Å²) in [5, 5.41) is 2.56. The molecule has 5 fully saturated rings. The van der Waals surface area contributed by atoms with Crippen molar-refractivity contribution in [3.63, 3.8) is 0 Å². The number of nitrogens with two attached hydrogens (primary N) is 1. The number of benzene rings is 1. The Bertz CT molecular complexity index is 1380. The second-order valence-electron chi connectivity index (χ2n) is 13.9. The van der Waals surface area contributed by atoms with Crippen molar-refractivity contribution in [2.24, 2.45) is 28.9 Å². The summed E-state index contributed by atoms with van der Waals surface area (Å²) in [6.07, 6.45) is 19.1. The van der Waals surface area contributed by atoms with E-state index in [4.69, 9.17) is 10.5 Å². The van der Waals surface area contributed by atoms with Gasteiger partial charge in [0.25, 0.3) is 0 Å². The molecule has 4 heterocycles. The summed E-state index contributed by atoms with van der Waals surface area (Å²) in [6, 6.07) is 10.3. The Hall–Kier alpha value is -2.01. The van der Waals surface area contributed by atoms with E-state index in [0.717, 1.165) is 24.8 Å². The molecule has 192 valence electrons. The molecule has 9 atom stereocenters. The molecule has 3 saturated carbocycles. The Morgan fingerprint density at radius 1 is 1.11 bits per heavy atom. The van der Waals surface area contributed by atoms with Crippen LogP contribution in [0.3, 0.4) is 0 Å². The van der Waals surface area contributed by atoms with Crippen LogP contribution < -0.4 is 5.73 Å². The molecule has 2 spiro atoms. The molecule has 0 amide bonds. The molecule has 1 aromatic heterocycles. The first kappa shape index (κ1) is 21.9. The number of hydrogen-bond acceptors (Lipinski definition) is 4. The van der Waals surface area contributed by atoms with Crippen molar-refractivity contribution in [2.45, 2.75) is 87.5 Å². The van der Waals surface area contributed by atoms with Gasteiger partial charge >= 0.3 is 0 Å². The van der Waals surface area contributed by atoms with Crippen LogP contribution in [0.15, 0.2) is 60.0 Å². The fourth-order valence-corrected chi connectivity index (χ4v) is 10.5. The zero-order chi connectivity index (χ0) is 24.6. The van der Waals surface area contributed by atoms with Gasteiger partial charge in [0, 0.05) is 43.0 Å². The minimum atomic E-state index is -0.0721. The lowest BCUT2D eigenvalue weighted by molar-refractivity contribution is -0.141. The molecule has 2 bridgehead atoms. The molecule has 2 N–H and O–H groups in total. The van der Waals surface area contributed by atoms with Gasteiger partial charge in [0.15, 0.2) is 0 Å². The van der Waals surface area contributed by atoms with Crippen molar-refractivity contribution < 1.29 is 4.74 Å². The number of rotatable bonds is 2. The van der Waals surface area contributed by atoms with Crippen LogP contribution in [0.1, 0.15) is 69.8 Å². The molecule has 4 aliphatic carbocycles. The normalized spacial score (nSPS) is 47.6. The van der Waals surface area contributed by atoms with Gasteiger partial charge in [-0.3, -0.25) is 9.88 Å². The zero-order valence-electron chi connectivity index (χ0n) is 22.0. The van der Waals surface area contributed by atoms with Crippen molar-refractivity contribution in [2.75, 3.05) is 13.1 Å². The quantitative estimate of drug-likeness (QED) is 0.580. The Morgan fingerprint density at radius 2 is 2.05 bits per heavy atom. The third kappa shape index (κ3) is 2.77. The van der Waals surface area contributed by atoms with Crippen molar-refractivity contribution in [1.82, 2.24) is 9.88 Å². The summed E-state index contributed by atoms with van der Waals surface area (Å²) in [5.74, 6) is 2.77. The SMILES string of the molecule is C[C@]12CC=C3C=C4[C@H]5C[C@H]5[C@@H](N5CC[C@@H](N)C5)C[C@]45CCC3(O5)[C@@H]1CCC2c1ccc2ccncc2c1. The zero-order valence-corrected chi connectivity index (χ0v) is 22.0. The highest BCUT2D eigenvalue weighted by Crippen LogP contribution is 2.72. The molecule has 2 saturated heterocycles. The number of pyridine rings is 1. The molecule has 37 heavy (non-hydrogen) atoms. The van der Waals surface area contributed by atoms with E-state index >= 15 is 0 Å². The van der Waals surface area contributed by atoms with E-state index in [1.54, 1.807) is 11.1 Å². The number of aromatic nitrogens is 1. The predicted molar refractivity (Wildman–Crippen MR) is 146 cm³/mol. The third-order valence-electron chi connectivity index (χ3n) is 12.3. The Balaban J connectivity index is 1.08. The number of fused-ring (bicyclic) bond motifs is 4. The van der Waals surface area contributed by atoms with Crippen LogP contribution in [0.25, 0.3) is 10.8 Å². The minimum Gasteiger partial charge on any atom is -0.359 e. The van der Waals surface area contributed by atoms with E-state index in [0.29, 0.717) is 23.9 Å². The topological polar surface area (TPSA) is 51.4 Å². The van der Waals surface area contributed by atoms with Crippen molar-refractivity contribution in [3.8, 4) is 0 Å². The molecule has 7 aliphatic rings. The number of ether oxygens (including phenoxy) is 1. The second kappa shape index (κ2) is 7.14. The van der Waals surface area contributed by atoms with Crippen molar-refractivity contribution in [1.29, 1.82) is 0 Å². The first-order valence-corrected chi connectivity index (χ1v) is 15.0. The van der Waals surface area contributed by atoms with E-state index in [1.807, 2.05) is 12.4 Å². The molecular weight excluding hydrogens is 454 g/mol. The third-order valence-corrected chi connectivity index (χ3v) is 12.3. The Morgan fingerprint density at radius 3 is 2.95 bits per heavy atom. The smallest absolute Gasteiger partial charge is 0.0974 e. The summed E-state index contributed by atoms with van der Waals surface area (Å²) < 4.78 is 7.62. The molecular formula is C33H39N3O. The standard InChI is InChI=1S/C33H39N3O/c1-31-9-6-23-15-28-25-16-26(25)29(36-13-8-24(34)19-36)17-32(28)10-11-33(23,37-32)30(31)5-4-27(31)21-3-2-20-7-12-35-18-22(20)14-21/h2-3,6-7,12,14-15,18,24-27,29-30H,4-5,8-11,13,16-17,19,34H2,1H3/t24-,25+,26-,27?,29+,30-,31-,32-,33?/m1/s1. The van der Waals surface area contributed by atoms with Gasteiger partial charge in [-0.05, 0) is 115 Å². The maximum Gasteiger partial charge on any atom is 0.0974 e. The highest BCUT2D eigenvalue weighted by molar-refractivity contribution is 5.82. The Kier molecular flexibility index (Phi) is 4.22. The summed E-state index contributed by atoms with van der Waals surface area (Å²) in [4.78, 5) is 7.14. The van der Waals surface area contributed by atoms with Gasteiger partial charge in [-0.15, -0.1) is 0 Å². The average molecular weight is 494 g/mol. The van der Waals surface area contributed by atoms with Gasteiger partial charge in [0.2, 0.25) is 0 Å². The highest BCUT2D eigenvalue weighted by Gasteiger charge is 2.70. The first-order chi connectivity index (χ1) is 18.0. The first-order valence-electron chi connectivity index (χ1n) is 15.0. The molecule has 2 unspecified atom stereocenters. The van der Waals surface area contributed by atoms with E-state index in [2.05, 4.69) is 53.2 Å². The maximum absolute atomic E-state index is 7.62. The second-order valence-corrected chi connectivity index (χ2v) is 13.9. The lowest BCUT2D eigenvalue weighted by Crippen LogP contribution is -2.56. The lowest BCUT2D eigenvalue weighted by atomic mass is 9.58. The Labute approximate surface area is 220 Å². The summed E-state index contributed by atoms with van der Waals surface area (Å²) in [7, 11) is 0. The summed E-state index contributed by atoms with van der Waals surface area (Å²) >= 11 is 0. The fourth-order valence-electron chi connectivity index (χ4n) is 10.5. The van der Waals surface area contributed by atoms with Crippen LogP contribution in [0.4, 0.5) is 0 Å². The summed E-state index contributed by atoms with van der Waals surface area (Å²) in [5.41, 5.74) is 11.2. The van der Waals surface area contributed by atoms with Crippen molar-refractivity contribution in [3.05, 3.63) is 65.5 Å².